The number of hydrogen-bond donors (Lipinski definition) is 0. The van der Waals surface area contributed by atoms with Gasteiger partial charge in [0.1, 0.15) is 13.2 Å². The van der Waals surface area contributed by atoms with E-state index in [4.69, 9.17) is 14.2 Å². The Bertz CT molecular complexity index is 1500. The first-order valence-electron chi connectivity index (χ1n) is 27.3. The van der Waals surface area contributed by atoms with Crippen LogP contribution in [0.2, 0.25) is 0 Å². The number of allylic oxidation sites excluding steroid dienone is 22. The summed E-state index contributed by atoms with van der Waals surface area (Å²) in [5.41, 5.74) is 0. The summed E-state index contributed by atoms with van der Waals surface area (Å²) in [4.78, 5) is 38.1. The fourth-order valence-electron chi connectivity index (χ4n) is 7.14. The average Bonchev–Trinajstić information content (AvgIpc) is 3.34. The lowest BCUT2D eigenvalue weighted by molar-refractivity contribution is -0.167. The van der Waals surface area contributed by atoms with Crippen LogP contribution in [0, 0.1) is 0 Å². The summed E-state index contributed by atoms with van der Waals surface area (Å²) in [6, 6.07) is 0. The molecule has 1 unspecified atom stereocenters. The van der Waals surface area contributed by atoms with Crippen LogP contribution in [0.4, 0.5) is 0 Å². The zero-order valence-corrected chi connectivity index (χ0v) is 43.6. The van der Waals surface area contributed by atoms with Crippen LogP contribution >= 0.6 is 0 Å². The van der Waals surface area contributed by atoms with E-state index in [1.165, 1.54) is 96.3 Å². The second-order valence-electron chi connectivity index (χ2n) is 17.7. The van der Waals surface area contributed by atoms with Gasteiger partial charge in [-0.1, -0.05) is 276 Å². The molecule has 0 aromatic heterocycles. The van der Waals surface area contributed by atoms with Crippen molar-refractivity contribution in [3.8, 4) is 0 Å². The number of hydrogen-bond acceptors (Lipinski definition) is 6. The van der Waals surface area contributed by atoms with Gasteiger partial charge in [-0.15, -0.1) is 0 Å². The summed E-state index contributed by atoms with van der Waals surface area (Å²) in [7, 11) is 0. The van der Waals surface area contributed by atoms with E-state index in [0.717, 1.165) is 83.5 Å². The predicted molar refractivity (Wildman–Crippen MR) is 292 cm³/mol. The summed E-state index contributed by atoms with van der Waals surface area (Å²) < 4.78 is 16.8. The Labute approximate surface area is 417 Å². The van der Waals surface area contributed by atoms with Crippen molar-refractivity contribution in [1.29, 1.82) is 0 Å². The third-order valence-electron chi connectivity index (χ3n) is 11.2. The summed E-state index contributed by atoms with van der Waals surface area (Å²) >= 11 is 0. The highest BCUT2D eigenvalue weighted by atomic mass is 16.6. The second-order valence-corrected chi connectivity index (χ2v) is 17.7. The van der Waals surface area contributed by atoms with Crippen LogP contribution in [-0.2, 0) is 28.6 Å². The van der Waals surface area contributed by atoms with Gasteiger partial charge in [-0.25, -0.2) is 0 Å². The van der Waals surface area contributed by atoms with Gasteiger partial charge < -0.3 is 14.2 Å². The van der Waals surface area contributed by atoms with E-state index in [2.05, 4.69) is 45.1 Å². The van der Waals surface area contributed by atoms with Gasteiger partial charge in [-0.2, -0.15) is 0 Å². The van der Waals surface area contributed by atoms with Crippen molar-refractivity contribution >= 4 is 17.9 Å². The first-order chi connectivity index (χ1) is 33.5. The molecule has 0 aromatic carbocycles. The smallest absolute Gasteiger partial charge is 0.306 e. The maximum absolute atomic E-state index is 12.8. The minimum Gasteiger partial charge on any atom is -0.462 e. The number of ether oxygens (including phenoxy) is 3. The Morgan fingerprint density at radius 3 is 0.897 bits per heavy atom. The molecular formula is C62H98O6. The number of rotatable bonds is 47. The molecule has 0 saturated carbocycles. The molecule has 0 aliphatic heterocycles. The lowest BCUT2D eigenvalue weighted by Gasteiger charge is -2.18. The van der Waals surface area contributed by atoms with Crippen molar-refractivity contribution in [2.45, 2.75) is 226 Å². The first kappa shape index (κ1) is 63.5. The summed E-state index contributed by atoms with van der Waals surface area (Å²) in [6.45, 7) is 6.27. The molecule has 0 amide bonds. The van der Waals surface area contributed by atoms with Gasteiger partial charge in [0.25, 0.3) is 0 Å². The average molecular weight is 939 g/mol. The number of carbonyl (C=O) groups is 3. The normalized spacial score (nSPS) is 13.2. The monoisotopic (exact) mass is 939 g/mol. The predicted octanol–water partition coefficient (Wildman–Crippen LogP) is 18.3. The van der Waals surface area contributed by atoms with Crippen molar-refractivity contribution < 1.29 is 28.6 Å². The quantitative estimate of drug-likeness (QED) is 0.0262. The Balaban J connectivity index is 4.53. The van der Waals surface area contributed by atoms with Crippen molar-refractivity contribution in [3.63, 3.8) is 0 Å². The molecular weight excluding hydrogens is 841 g/mol. The molecule has 382 valence electrons. The molecule has 0 radical (unpaired) electrons. The largest absolute Gasteiger partial charge is 0.462 e. The molecule has 0 spiro atoms. The molecule has 0 heterocycles. The standard InChI is InChI=1S/C62H98O6/c1-4-7-10-13-16-19-22-25-27-29-31-33-34-37-40-43-46-49-52-55-61(64)67-58-59(57-66-60(63)54-51-48-45-42-39-36-24-21-18-15-12-9-6-3)68-62(65)56-53-50-47-44-41-38-35-32-30-28-26-23-20-17-14-11-8-5-2/h7,9-10,12-13,15-16,18-19,21-22,24-25,27,29,31,33-34,36-37,39-40,59H,4-6,8,11,14,17,20,23,26,28,30,32,35,38,41-58H2,1-3H3/b10-7-,12-9-,16-13-,18-15-,22-19-,24-21-,27-25-,31-29+,34-33-,39-36-,40-37-. The SMILES string of the molecule is CC\C=C/C=C\C=C/C=C\C=C\C=C/C=C\CCCCCC(=O)OCC(COC(=O)CCCCC\C=C/C=C\C=C/C=C\CC)OC(=O)CCCCCCCCCCCCCCCCCCCC. The van der Waals surface area contributed by atoms with Crippen LogP contribution in [0.1, 0.15) is 220 Å². The lowest BCUT2D eigenvalue weighted by Crippen LogP contribution is -2.30. The van der Waals surface area contributed by atoms with E-state index < -0.39 is 6.10 Å². The van der Waals surface area contributed by atoms with Crippen LogP contribution < -0.4 is 0 Å². The van der Waals surface area contributed by atoms with Gasteiger partial charge in [0.15, 0.2) is 6.10 Å². The molecule has 0 aliphatic rings. The van der Waals surface area contributed by atoms with Crippen LogP contribution in [0.15, 0.2) is 134 Å². The maximum atomic E-state index is 12.8. The van der Waals surface area contributed by atoms with Crippen molar-refractivity contribution in [1.82, 2.24) is 0 Å². The third-order valence-corrected chi connectivity index (χ3v) is 11.2. The second kappa shape index (κ2) is 55.1. The van der Waals surface area contributed by atoms with E-state index in [9.17, 15) is 14.4 Å². The fourth-order valence-corrected chi connectivity index (χ4v) is 7.14. The summed E-state index contributed by atoms with van der Waals surface area (Å²) in [6.07, 6.45) is 77.2. The van der Waals surface area contributed by atoms with Gasteiger partial charge in [-0.05, 0) is 57.8 Å². The van der Waals surface area contributed by atoms with Crippen molar-refractivity contribution in [2.24, 2.45) is 0 Å². The van der Waals surface area contributed by atoms with Crippen LogP contribution in [-0.4, -0.2) is 37.2 Å². The Morgan fingerprint density at radius 2 is 0.574 bits per heavy atom. The van der Waals surface area contributed by atoms with E-state index in [1.807, 2.05) is 109 Å². The van der Waals surface area contributed by atoms with Crippen molar-refractivity contribution in [2.75, 3.05) is 13.2 Å². The highest BCUT2D eigenvalue weighted by molar-refractivity contribution is 5.71. The molecule has 0 fully saturated rings. The topological polar surface area (TPSA) is 78.9 Å². The van der Waals surface area contributed by atoms with Gasteiger partial charge in [0, 0.05) is 19.3 Å². The molecule has 0 N–H and O–H groups in total. The molecule has 6 heteroatoms. The molecule has 0 aliphatic carbocycles. The molecule has 68 heavy (non-hydrogen) atoms. The summed E-state index contributed by atoms with van der Waals surface area (Å²) in [5, 5.41) is 0. The minimum atomic E-state index is -0.817. The minimum absolute atomic E-state index is 0.116. The van der Waals surface area contributed by atoms with Crippen LogP contribution in [0.3, 0.4) is 0 Å². The van der Waals surface area contributed by atoms with Crippen LogP contribution in [0.25, 0.3) is 0 Å². The molecule has 0 saturated heterocycles. The van der Waals surface area contributed by atoms with E-state index in [1.54, 1.807) is 0 Å². The van der Waals surface area contributed by atoms with Gasteiger partial charge in [-0.3, -0.25) is 14.4 Å². The van der Waals surface area contributed by atoms with Crippen LogP contribution in [0.5, 0.6) is 0 Å². The molecule has 0 bridgehead atoms. The number of esters is 3. The van der Waals surface area contributed by atoms with Gasteiger partial charge in [0.05, 0.1) is 0 Å². The Hall–Kier alpha value is -4.45. The van der Waals surface area contributed by atoms with E-state index in [0.29, 0.717) is 19.3 Å². The number of carbonyl (C=O) groups excluding carboxylic acids is 3. The first-order valence-corrected chi connectivity index (χ1v) is 27.3. The Kier molecular flexibility index (Phi) is 51.5. The number of unbranched alkanes of at least 4 members (excludes halogenated alkanes) is 23. The van der Waals surface area contributed by atoms with Gasteiger partial charge >= 0.3 is 17.9 Å². The lowest BCUT2D eigenvalue weighted by atomic mass is 10.0. The van der Waals surface area contributed by atoms with E-state index in [-0.39, 0.29) is 31.1 Å². The zero-order valence-electron chi connectivity index (χ0n) is 43.6. The fraction of sp³-hybridized carbons (Fsp3) is 0.597. The highest BCUT2D eigenvalue weighted by Crippen LogP contribution is 2.15. The molecule has 1 atom stereocenters. The zero-order chi connectivity index (χ0) is 49.3. The summed E-state index contributed by atoms with van der Waals surface area (Å²) in [5.74, 6) is -1.00. The van der Waals surface area contributed by atoms with Gasteiger partial charge in [0.2, 0.25) is 0 Å². The maximum Gasteiger partial charge on any atom is 0.306 e. The molecule has 0 aromatic rings. The molecule has 6 nitrogen and oxygen atoms in total. The Morgan fingerprint density at radius 1 is 0.309 bits per heavy atom. The molecule has 0 rings (SSSR count). The van der Waals surface area contributed by atoms with Crippen molar-refractivity contribution in [3.05, 3.63) is 134 Å². The third kappa shape index (κ3) is 52.5. The van der Waals surface area contributed by atoms with E-state index >= 15 is 0 Å². The highest BCUT2D eigenvalue weighted by Gasteiger charge is 2.19.